The van der Waals surface area contributed by atoms with Crippen molar-refractivity contribution in [3.05, 3.63) is 48.0 Å². The summed E-state index contributed by atoms with van der Waals surface area (Å²) in [5.41, 5.74) is 3.32. The van der Waals surface area contributed by atoms with Gasteiger partial charge in [-0.3, -0.25) is 9.69 Å². The molecular formula is C19H21N5O2S. The Hall–Kier alpha value is -2.55. The van der Waals surface area contributed by atoms with Crippen molar-refractivity contribution in [2.75, 3.05) is 38.6 Å². The zero-order chi connectivity index (χ0) is 18.6. The number of rotatable bonds is 5. The molecule has 1 saturated heterocycles. The van der Waals surface area contributed by atoms with Gasteiger partial charge in [-0.15, -0.1) is 0 Å². The third-order valence-electron chi connectivity index (χ3n) is 4.76. The molecule has 1 fully saturated rings. The van der Waals surface area contributed by atoms with E-state index < -0.39 is 0 Å². The molecule has 2 aromatic carbocycles. The second-order valence-electron chi connectivity index (χ2n) is 6.42. The number of methoxy groups -OCH3 is 1. The Morgan fingerprint density at radius 3 is 3.07 bits per heavy atom. The average molecular weight is 383 g/mol. The van der Waals surface area contributed by atoms with Crippen LogP contribution in [0.2, 0.25) is 0 Å². The minimum Gasteiger partial charge on any atom is -0.496 e. The van der Waals surface area contributed by atoms with Crippen LogP contribution in [0.3, 0.4) is 0 Å². The maximum Gasteiger partial charge on any atom is 0.238 e. The quantitative estimate of drug-likeness (QED) is 0.710. The summed E-state index contributed by atoms with van der Waals surface area (Å²) >= 11 is 1.15. The molecule has 0 spiro atoms. The summed E-state index contributed by atoms with van der Waals surface area (Å²) in [5.74, 6) is 0.784. The van der Waals surface area contributed by atoms with Crippen LogP contribution in [0.1, 0.15) is 11.6 Å². The van der Waals surface area contributed by atoms with E-state index in [0.29, 0.717) is 12.2 Å². The molecule has 8 heteroatoms. The SMILES string of the molecule is COc1ccccc1C1CNCCN1CC(=O)Nc1cccc2c1N=S=N2. The van der Waals surface area contributed by atoms with Crippen LogP contribution in [0.4, 0.5) is 17.1 Å². The maximum atomic E-state index is 12.7. The number of benzene rings is 2. The molecule has 2 aliphatic heterocycles. The Kier molecular flexibility index (Phi) is 5.28. The van der Waals surface area contributed by atoms with Gasteiger partial charge in [0.25, 0.3) is 0 Å². The smallest absolute Gasteiger partial charge is 0.238 e. The van der Waals surface area contributed by atoms with Gasteiger partial charge in [0.15, 0.2) is 0 Å². The lowest BCUT2D eigenvalue weighted by Crippen LogP contribution is -2.48. The second-order valence-corrected chi connectivity index (χ2v) is 6.95. The van der Waals surface area contributed by atoms with Gasteiger partial charge in [-0.25, -0.2) is 0 Å². The van der Waals surface area contributed by atoms with Gasteiger partial charge in [0.2, 0.25) is 5.91 Å². The Labute approximate surface area is 161 Å². The highest BCUT2D eigenvalue weighted by atomic mass is 32.1. The molecule has 0 bridgehead atoms. The predicted octanol–water partition coefficient (Wildman–Crippen LogP) is 3.01. The number of amides is 1. The first-order valence-corrected chi connectivity index (χ1v) is 9.58. The van der Waals surface area contributed by atoms with E-state index in [0.717, 1.165) is 53.7 Å². The van der Waals surface area contributed by atoms with E-state index in [4.69, 9.17) is 4.74 Å². The van der Waals surface area contributed by atoms with Crippen molar-refractivity contribution in [2.24, 2.45) is 8.73 Å². The predicted molar refractivity (Wildman–Crippen MR) is 107 cm³/mol. The molecule has 2 N–H and O–H groups in total. The highest BCUT2D eigenvalue weighted by Gasteiger charge is 2.28. The molecule has 2 heterocycles. The summed E-state index contributed by atoms with van der Waals surface area (Å²) in [6.45, 7) is 2.72. The average Bonchev–Trinajstić information content (AvgIpc) is 3.18. The molecule has 0 saturated carbocycles. The number of ether oxygens (including phenoxy) is 1. The van der Waals surface area contributed by atoms with E-state index in [1.807, 2.05) is 36.4 Å². The van der Waals surface area contributed by atoms with Crippen LogP contribution >= 0.6 is 0 Å². The van der Waals surface area contributed by atoms with E-state index in [9.17, 15) is 4.79 Å². The topological polar surface area (TPSA) is 78.3 Å². The summed E-state index contributed by atoms with van der Waals surface area (Å²) in [6.07, 6.45) is 0. The van der Waals surface area contributed by atoms with Crippen molar-refractivity contribution in [1.29, 1.82) is 0 Å². The van der Waals surface area contributed by atoms with Crippen LogP contribution in [0.15, 0.2) is 51.2 Å². The second kappa shape index (κ2) is 7.99. The molecule has 1 amide bonds. The molecular weight excluding hydrogens is 362 g/mol. The van der Waals surface area contributed by atoms with Crippen LogP contribution in [-0.2, 0) is 16.1 Å². The van der Waals surface area contributed by atoms with Crippen molar-refractivity contribution in [2.45, 2.75) is 6.04 Å². The minimum atomic E-state index is -0.0581. The number of hydrogen-bond acceptors (Lipinski definition) is 6. The fraction of sp³-hybridized carbons (Fsp3) is 0.316. The van der Waals surface area contributed by atoms with Crippen molar-refractivity contribution in [3.8, 4) is 5.75 Å². The van der Waals surface area contributed by atoms with Gasteiger partial charge in [-0.1, -0.05) is 24.3 Å². The number of carbonyl (C=O) groups is 1. The molecule has 0 aromatic heterocycles. The lowest BCUT2D eigenvalue weighted by Gasteiger charge is -2.36. The fourth-order valence-corrected chi connectivity index (χ4v) is 4.01. The lowest BCUT2D eigenvalue weighted by molar-refractivity contribution is -0.118. The van der Waals surface area contributed by atoms with Gasteiger partial charge in [-0.2, -0.15) is 8.73 Å². The van der Waals surface area contributed by atoms with Gasteiger partial charge >= 0.3 is 0 Å². The molecule has 27 heavy (non-hydrogen) atoms. The molecule has 140 valence electrons. The highest BCUT2D eigenvalue weighted by Crippen LogP contribution is 2.38. The Balaban J connectivity index is 1.49. The van der Waals surface area contributed by atoms with Gasteiger partial charge in [0, 0.05) is 25.2 Å². The van der Waals surface area contributed by atoms with Crippen LogP contribution in [-0.4, -0.2) is 44.1 Å². The van der Waals surface area contributed by atoms with E-state index in [-0.39, 0.29) is 11.9 Å². The number of hydrogen-bond donors (Lipinski definition) is 2. The van der Waals surface area contributed by atoms with Crippen molar-refractivity contribution in [1.82, 2.24) is 10.2 Å². The number of para-hydroxylation sites is 1. The molecule has 1 unspecified atom stereocenters. The lowest BCUT2D eigenvalue weighted by atomic mass is 10.0. The van der Waals surface area contributed by atoms with Gasteiger partial charge in [0.1, 0.15) is 17.1 Å². The number of piperazine rings is 1. The Morgan fingerprint density at radius 2 is 2.19 bits per heavy atom. The molecule has 4 rings (SSSR count). The number of anilines is 1. The molecule has 2 aliphatic rings. The van der Waals surface area contributed by atoms with E-state index in [1.165, 1.54) is 0 Å². The Morgan fingerprint density at radius 1 is 1.30 bits per heavy atom. The zero-order valence-electron chi connectivity index (χ0n) is 15.0. The summed E-state index contributed by atoms with van der Waals surface area (Å²) in [7, 11) is 1.68. The van der Waals surface area contributed by atoms with Crippen LogP contribution < -0.4 is 15.4 Å². The Bertz CT molecular complexity index is 926. The third kappa shape index (κ3) is 3.78. The van der Waals surface area contributed by atoms with Crippen molar-refractivity contribution >= 4 is 34.3 Å². The van der Waals surface area contributed by atoms with E-state index in [2.05, 4.69) is 30.3 Å². The van der Waals surface area contributed by atoms with Crippen LogP contribution in [0.25, 0.3) is 0 Å². The summed E-state index contributed by atoms with van der Waals surface area (Å²) in [5, 5.41) is 6.40. The molecule has 2 aromatic rings. The van der Waals surface area contributed by atoms with E-state index in [1.54, 1.807) is 7.11 Å². The number of nitrogens with one attached hydrogen (secondary N) is 2. The summed E-state index contributed by atoms with van der Waals surface area (Å²) in [4.78, 5) is 14.9. The highest BCUT2D eigenvalue weighted by molar-refractivity contribution is 7.58. The largest absolute Gasteiger partial charge is 0.496 e. The monoisotopic (exact) mass is 383 g/mol. The number of nitrogens with zero attached hydrogens (tertiary/aromatic N) is 3. The van der Waals surface area contributed by atoms with Crippen molar-refractivity contribution in [3.63, 3.8) is 0 Å². The first-order chi connectivity index (χ1) is 13.3. The van der Waals surface area contributed by atoms with Gasteiger partial charge in [0.05, 0.1) is 36.7 Å². The maximum absolute atomic E-state index is 12.7. The normalized spacial score (nSPS) is 18.6. The number of carbonyl (C=O) groups excluding carboxylic acids is 1. The molecule has 0 radical (unpaired) electrons. The first kappa shape index (κ1) is 17.8. The fourth-order valence-electron chi connectivity index (χ4n) is 3.47. The molecule has 0 aliphatic carbocycles. The zero-order valence-corrected chi connectivity index (χ0v) is 15.8. The van der Waals surface area contributed by atoms with Crippen molar-refractivity contribution < 1.29 is 9.53 Å². The summed E-state index contributed by atoms with van der Waals surface area (Å²) < 4.78 is 14.0. The van der Waals surface area contributed by atoms with Crippen LogP contribution in [0, 0.1) is 0 Å². The van der Waals surface area contributed by atoms with Gasteiger partial charge < -0.3 is 15.4 Å². The minimum absolute atomic E-state index is 0.0581. The van der Waals surface area contributed by atoms with Crippen LogP contribution in [0.5, 0.6) is 5.75 Å². The third-order valence-corrected chi connectivity index (χ3v) is 5.30. The standard InChI is InChI=1S/C19H21N5O2S/c1-26-17-8-3-2-5-13(17)16-11-20-9-10-24(16)12-18(25)21-14-6-4-7-15-19(14)23-27-22-15/h2-8,16,20H,9-12H2,1H3,(H,21,25). The molecule has 1 atom stereocenters. The molecule has 7 nitrogen and oxygen atoms in total. The summed E-state index contributed by atoms with van der Waals surface area (Å²) in [6, 6.07) is 13.7. The van der Waals surface area contributed by atoms with E-state index >= 15 is 0 Å². The first-order valence-electron chi connectivity index (χ1n) is 8.85. The number of fused-ring (bicyclic) bond motifs is 1. The van der Waals surface area contributed by atoms with Gasteiger partial charge in [-0.05, 0) is 18.2 Å².